The number of aromatic nitrogens is 3. The average Bonchev–Trinajstić information content (AvgIpc) is 3.14. The summed E-state index contributed by atoms with van der Waals surface area (Å²) >= 11 is 1.52. The molecule has 0 radical (unpaired) electrons. The Balaban J connectivity index is 1.87. The number of rotatable bonds is 4. The molecule has 1 aromatic carbocycles. The van der Waals surface area contributed by atoms with Gasteiger partial charge in [0.15, 0.2) is 5.69 Å². The zero-order chi connectivity index (χ0) is 17.3. The van der Waals surface area contributed by atoms with Crippen LogP contribution in [0.2, 0.25) is 0 Å². The molecule has 124 valence electrons. The number of alkyl halides is 2. The van der Waals surface area contributed by atoms with E-state index in [0.29, 0.717) is 11.3 Å². The highest BCUT2D eigenvalue weighted by Gasteiger charge is 2.21. The Labute approximate surface area is 140 Å². The Bertz CT molecular complexity index is 888. The van der Waals surface area contributed by atoms with Gasteiger partial charge >= 0.3 is 0 Å². The van der Waals surface area contributed by atoms with Gasteiger partial charge in [-0.15, -0.1) is 11.3 Å². The zero-order valence-corrected chi connectivity index (χ0v) is 13.7. The van der Waals surface area contributed by atoms with Crippen molar-refractivity contribution < 1.29 is 13.6 Å². The highest BCUT2D eigenvalue weighted by molar-refractivity contribution is 7.09. The maximum absolute atomic E-state index is 12.9. The number of halogens is 2. The van der Waals surface area contributed by atoms with Crippen molar-refractivity contribution in [2.75, 3.05) is 5.32 Å². The van der Waals surface area contributed by atoms with Gasteiger partial charge in [0, 0.05) is 16.5 Å². The minimum atomic E-state index is -2.77. The number of hydrogen-bond donors (Lipinski definition) is 2. The smallest absolute Gasteiger partial charge is 0.284 e. The first-order valence-electron chi connectivity index (χ1n) is 7.12. The molecule has 2 aromatic heterocycles. The van der Waals surface area contributed by atoms with Crippen molar-refractivity contribution in [3.05, 3.63) is 51.6 Å². The number of H-pyrrole nitrogens is 1. The van der Waals surface area contributed by atoms with Gasteiger partial charge in [-0.3, -0.25) is 9.89 Å². The van der Waals surface area contributed by atoms with Crippen molar-refractivity contribution in [3.63, 3.8) is 0 Å². The van der Waals surface area contributed by atoms with Crippen LogP contribution in [0, 0.1) is 13.8 Å². The molecule has 0 aliphatic rings. The number of anilines is 1. The van der Waals surface area contributed by atoms with Crippen LogP contribution in [0.25, 0.3) is 11.3 Å². The van der Waals surface area contributed by atoms with Crippen LogP contribution >= 0.6 is 11.3 Å². The molecule has 0 aliphatic carbocycles. The predicted octanol–water partition coefficient (Wildman–Crippen LogP) is 4.34. The number of aryl methyl sites for hydroxylation is 2. The van der Waals surface area contributed by atoms with Gasteiger partial charge in [0.25, 0.3) is 12.3 Å². The van der Waals surface area contributed by atoms with Crippen molar-refractivity contribution >= 4 is 22.9 Å². The first-order chi connectivity index (χ1) is 11.5. The van der Waals surface area contributed by atoms with Crippen LogP contribution in [0.3, 0.4) is 0 Å². The van der Waals surface area contributed by atoms with Crippen LogP contribution in [0.1, 0.15) is 33.2 Å². The maximum atomic E-state index is 12.9. The van der Waals surface area contributed by atoms with Crippen molar-refractivity contribution in [2.45, 2.75) is 20.3 Å². The lowest BCUT2D eigenvalue weighted by molar-refractivity contribution is 0.102. The minimum Gasteiger partial charge on any atom is -0.319 e. The second-order valence-corrected chi connectivity index (χ2v) is 6.26. The lowest BCUT2D eigenvalue weighted by Crippen LogP contribution is -2.13. The largest absolute Gasteiger partial charge is 0.319 e. The van der Waals surface area contributed by atoms with Crippen molar-refractivity contribution in [2.24, 2.45) is 0 Å². The first kappa shape index (κ1) is 16.3. The van der Waals surface area contributed by atoms with Crippen molar-refractivity contribution in [3.8, 4) is 11.3 Å². The zero-order valence-electron chi connectivity index (χ0n) is 12.9. The highest BCUT2D eigenvalue weighted by atomic mass is 32.1. The number of aromatic amines is 1. The molecule has 0 atom stereocenters. The summed E-state index contributed by atoms with van der Waals surface area (Å²) in [7, 11) is 0. The van der Waals surface area contributed by atoms with E-state index >= 15 is 0 Å². The van der Waals surface area contributed by atoms with E-state index in [1.165, 1.54) is 11.3 Å². The topological polar surface area (TPSA) is 70.7 Å². The molecule has 1 amide bonds. The van der Waals surface area contributed by atoms with Gasteiger partial charge in [-0.2, -0.15) is 5.10 Å². The Morgan fingerprint density at radius 3 is 2.79 bits per heavy atom. The van der Waals surface area contributed by atoms with E-state index in [1.807, 2.05) is 18.4 Å². The predicted molar refractivity (Wildman–Crippen MR) is 88.5 cm³/mol. The van der Waals surface area contributed by atoms with E-state index in [-0.39, 0.29) is 5.69 Å². The Morgan fingerprint density at radius 2 is 2.12 bits per heavy atom. The fourth-order valence-corrected chi connectivity index (χ4v) is 2.89. The number of nitrogens with zero attached hydrogens (tertiary/aromatic N) is 2. The van der Waals surface area contributed by atoms with Crippen LogP contribution in [-0.2, 0) is 0 Å². The lowest BCUT2D eigenvalue weighted by atomic mass is 10.1. The number of benzene rings is 1. The molecule has 5 nitrogen and oxygen atoms in total. The quantitative estimate of drug-likeness (QED) is 0.737. The molecule has 0 saturated heterocycles. The van der Waals surface area contributed by atoms with E-state index in [9.17, 15) is 13.6 Å². The van der Waals surface area contributed by atoms with E-state index in [4.69, 9.17) is 0 Å². The number of carbonyl (C=O) groups excluding carboxylic acids is 1. The molecule has 24 heavy (non-hydrogen) atoms. The fourth-order valence-electron chi connectivity index (χ4n) is 2.27. The third-order valence-corrected chi connectivity index (χ3v) is 4.23. The molecule has 3 aromatic rings. The van der Waals surface area contributed by atoms with Crippen LogP contribution in [0.15, 0.2) is 29.6 Å². The number of nitrogens with one attached hydrogen (secondary N) is 2. The van der Waals surface area contributed by atoms with Gasteiger partial charge in [0.05, 0.1) is 22.1 Å². The summed E-state index contributed by atoms with van der Waals surface area (Å²) < 4.78 is 25.9. The summed E-state index contributed by atoms with van der Waals surface area (Å²) in [5.41, 5.74) is 1.87. The van der Waals surface area contributed by atoms with Gasteiger partial charge in [-0.1, -0.05) is 12.1 Å². The summed E-state index contributed by atoms with van der Waals surface area (Å²) in [5, 5.41) is 11.3. The molecule has 8 heteroatoms. The molecule has 0 bridgehead atoms. The van der Waals surface area contributed by atoms with E-state index in [0.717, 1.165) is 16.3 Å². The normalized spacial score (nSPS) is 11.0. The summed E-state index contributed by atoms with van der Waals surface area (Å²) in [5.74, 6) is -0.477. The van der Waals surface area contributed by atoms with Crippen LogP contribution < -0.4 is 5.32 Å². The third kappa shape index (κ3) is 3.18. The van der Waals surface area contributed by atoms with Crippen LogP contribution in [0.5, 0.6) is 0 Å². The molecule has 2 N–H and O–H groups in total. The number of amides is 1. The third-order valence-electron chi connectivity index (χ3n) is 3.46. The molecule has 0 aliphatic heterocycles. The minimum absolute atomic E-state index is 0.0184. The van der Waals surface area contributed by atoms with Crippen LogP contribution in [-0.4, -0.2) is 21.1 Å². The summed E-state index contributed by atoms with van der Waals surface area (Å²) in [6.45, 7) is 3.47. The molecule has 0 spiro atoms. The van der Waals surface area contributed by atoms with Gasteiger partial charge in [-0.05, 0) is 26.0 Å². The summed E-state index contributed by atoms with van der Waals surface area (Å²) in [6.07, 6.45) is -2.77. The van der Waals surface area contributed by atoms with Gasteiger partial charge in [0.2, 0.25) is 0 Å². The molecule has 0 saturated carbocycles. The molecular formula is C16H14F2N4OS. The van der Waals surface area contributed by atoms with Crippen molar-refractivity contribution in [1.29, 1.82) is 0 Å². The van der Waals surface area contributed by atoms with Gasteiger partial charge < -0.3 is 5.32 Å². The Hall–Kier alpha value is -2.61. The molecular weight excluding hydrogens is 334 g/mol. The number of hydrogen-bond acceptors (Lipinski definition) is 4. The molecule has 0 unspecified atom stereocenters. The molecule has 2 heterocycles. The number of thiazole rings is 1. The standard InChI is InChI=1S/C16H14F2N4OS/c1-8-13(14(15(17)18)22-21-8)20-16(23)11-5-3-4-10(6-11)12-7-24-9(2)19-12/h3-7,15H,1-2H3,(H,20,23)(H,21,22). The van der Waals surface area contributed by atoms with Gasteiger partial charge in [-0.25, -0.2) is 13.8 Å². The monoisotopic (exact) mass is 348 g/mol. The SMILES string of the molecule is Cc1nc(-c2cccc(C(=O)Nc3c(C(F)F)n[nH]c3C)c2)cs1. The summed E-state index contributed by atoms with van der Waals surface area (Å²) in [4.78, 5) is 16.8. The Kier molecular flexibility index (Phi) is 4.39. The van der Waals surface area contributed by atoms with E-state index in [2.05, 4.69) is 20.5 Å². The van der Waals surface area contributed by atoms with Crippen molar-refractivity contribution in [1.82, 2.24) is 15.2 Å². The maximum Gasteiger partial charge on any atom is 0.284 e. The molecule has 0 fully saturated rings. The number of carbonyl (C=O) groups is 1. The van der Waals surface area contributed by atoms with E-state index < -0.39 is 18.0 Å². The second-order valence-electron chi connectivity index (χ2n) is 5.20. The first-order valence-corrected chi connectivity index (χ1v) is 8.00. The summed E-state index contributed by atoms with van der Waals surface area (Å²) in [6, 6.07) is 6.88. The second kappa shape index (κ2) is 6.48. The Morgan fingerprint density at radius 1 is 1.33 bits per heavy atom. The van der Waals surface area contributed by atoms with Gasteiger partial charge in [0.1, 0.15) is 0 Å². The highest BCUT2D eigenvalue weighted by Crippen LogP contribution is 2.28. The molecule has 3 rings (SSSR count). The fraction of sp³-hybridized carbons (Fsp3) is 0.188. The van der Waals surface area contributed by atoms with Crippen LogP contribution in [0.4, 0.5) is 14.5 Å². The lowest BCUT2D eigenvalue weighted by Gasteiger charge is -2.07. The van der Waals surface area contributed by atoms with E-state index in [1.54, 1.807) is 25.1 Å². The average molecular weight is 348 g/mol.